The monoisotopic (exact) mass is 243 g/mol. The molecule has 1 aromatic carbocycles. The minimum Gasteiger partial charge on any atom is -0.423 e. The Morgan fingerprint density at radius 2 is 2.33 bits per heavy atom. The van der Waals surface area contributed by atoms with Crippen molar-refractivity contribution in [3.63, 3.8) is 0 Å². The Hall–Kier alpha value is -2.50. The molecule has 18 heavy (non-hydrogen) atoms. The number of nitrogens with one attached hydrogen (secondary N) is 2. The maximum absolute atomic E-state index is 5.68. The smallest absolute Gasteiger partial charge is 0.295 e. The maximum atomic E-state index is 5.68. The number of hydrogen-bond acceptors (Lipinski definition) is 5. The van der Waals surface area contributed by atoms with Gasteiger partial charge in [-0.05, 0) is 12.1 Å². The van der Waals surface area contributed by atoms with Gasteiger partial charge in [0.1, 0.15) is 5.52 Å². The Morgan fingerprint density at radius 1 is 1.39 bits per heavy atom. The van der Waals surface area contributed by atoms with E-state index in [2.05, 4.69) is 20.3 Å². The van der Waals surface area contributed by atoms with Crippen molar-refractivity contribution < 1.29 is 4.42 Å². The van der Waals surface area contributed by atoms with Crippen LogP contribution in [-0.4, -0.2) is 21.5 Å². The van der Waals surface area contributed by atoms with Crippen LogP contribution in [0.15, 0.2) is 35.1 Å². The highest BCUT2D eigenvalue weighted by Gasteiger charge is 2.05. The lowest BCUT2D eigenvalue weighted by Gasteiger charge is -1.98. The van der Waals surface area contributed by atoms with E-state index in [4.69, 9.17) is 10.2 Å². The van der Waals surface area contributed by atoms with Crippen molar-refractivity contribution >= 4 is 22.8 Å². The van der Waals surface area contributed by atoms with Gasteiger partial charge in [0, 0.05) is 36.6 Å². The standard InChI is InChI=1S/C12H13N5O/c13-8-1-2-10-11(5-8)18-12(17-10)15-4-3-9-6-14-7-16-9/h1-2,5-7H,3-4,13H2,(H,14,16)(H,15,17). The van der Waals surface area contributed by atoms with E-state index in [1.54, 1.807) is 24.7 Å². The molecule has 6 heteroatoms. The van der Waals surface area contributed by atoms with Gasteiger partial charge in [-0.15, -0.1) is 0 Å². The molecule has 2 aromatic heterocycles. The van der Waals surface area contributed by atoms with Gasteiger partial charge in [-0.1, -0.05) is 0 Å². The number of nitrogen functional groups attached to an aromatic ring is 1. The highest BCUT2D eigenvalue weighted by Crippen LogP contribution is 2.20. The van der Waals surface area contributed by atoms with E-state index in [1.807, 2.05) is 6.07 Å². The average molecular weight is 243 g/mol. The van der Waals surface area contributed by atoms with Crippen molar-refractivity contribution in [2.45, 2.75) is 6.42 Å². The Bertz CT molecular complexity index is 644. The van der Waals surface area contributed by atoms with E-state index < -0.39 is 0 Å². The van der Waals surface area contributed by atoms with Gasteiger partial charge < -0.3 is 20.5 Å². The molecular formula is C12H13N5O. The number of nitrogens with zero attached hydrogens (tertiary/aromatic N) is 2. The first-order chi connectivity index (χ1) is 8.81. The van der Waals surface area contributed by atoms with E-state index in [1.165, 1.54) is 0 Å². The second-order valence-electron chi connectivity index (χ2n) is 4.00. The van der Waals surface area contributed by atoms with Crippen LogP contribution in [0.25, 0.3) is 11.1 Å². The highest BCUT2D eigenvalue weighted by atomic mass is 16.4. The van der Waals surface area contributed by atoms with Gasteiger partial charge >= 0.3 is 0 Å². The fourth-order valence-electron chi connectivity index (χ4n) is 1.74. The fraction of sp³-hybridized carbons (Fsp3) is 0.167. The number of imidazole rings is 1. The molecule has 3 rings (SSSR count). The number of fused-ring (bicyclic) bond motifs is 1. The van der Waals surface area contributed by atoms with Gasteiger partial charge in [-0.25, -0.2) is 4.98 Å². The first-order valence-corrected chi connectivity index (χ1v) is 5.68. The van der Waals surface area contributed by atoms with Gasteiger partial charge in [0.15, 0.2) is 5.58 Å². The normalized spacial score (nSPS) is 10.9. The third-order valence-corrected chi connectivity index (χ3v) is 2.64. The van der Waals surface area contributed by atoms with Gasteiger partial charge in [0.05, 0.1) is 6.33 Å². The summed E-state index contributed by atoms with van der Waals surface area (Å²) >= 11 is 0. The quantitative estimate of drug-likeness (QED) is 0.607. The first-order valence-electron chi connectivity index (χ1n) is 5.68. The van der Waals surface area contributed by atoms with Gasteiger partial charge in [-0.3, -0.25) is 0 Å². The van der Waals surface area contributed by atoms with Crippen LogP contribution >= 0.6 is 0 Å². The van der Waals surface area contributed by atoms with Crippen molar-refractivity contribution in [1.29, 1.82) is 0 Å². The van der Waals surface area contributed by atoms with E-state index in [0.29, 0.717) is 17.3 Å². The summed E-state index contributed by atoms with van der Waals surface area (Å²) in [4.78, 5) is 11.3. The van der Waals surface area contributed by atoms with E-state index in [9.17, 15) is 0 Å². The minimum absolute atomic E-state index is 0.509. The van der Waals surface area contributed by atoms with E-state index >= 15 is 0 Å². The van der Waals surface area contributed by atoms with Crippen LogP contribution < -0.4 is 11.1 Å². The molecule has 6 nitrogen and oxygen atoms in total. The van der Waals surface area contributed by atoms with Crippen LogP contribution in [0.2, 0.25) is 0 Å². The van der Waals surface area contributed by atoms with Crippen LogP contribution in [0, 0.1) is 0 Å². The van der Waals surface area contributed by atoms with Crippen molar-refractivity contribution in [3.8, 4) is 0 Å². The summed E-state index contributed by atoms with van der Waals surface area (Å²) < 4.78 is 5.54. The third kappa shape index (κ3) is 2.13. The molecular weight excluding hydrogens is 230 g/mol. The third-order valence-electron chi connectivity index (χ3n) is 2.64. The largest absolute Gasteiger partial charge is 0.423 e. The summed E-state index contributed by atoms with van der Waals surface area (Å²) in [5.41, 5.74) is 8.91. The molecule has 92 valence electrons. The van der Waals surface area contributed by atoms with E-state index in [-0.39, 0.29) is 0 Å². The molecule has 0 aliphatic rings. The van der Waals surface area contributed by atoms with Crippen LogP contribution in [0.3, 0.4) is 0 Å². The Morgan fingerprint density at radius 3 is 3.17 bits per heavy atom. The number of hydrogen-bond donors (Lipinski definition) is 3. The van der Waals surface area contributed by atoms with Crippen LogP contribution in [0.1, 0.15) is 5.69 Å². The molecule has 0 aliphatic heterocycles. The zero-order valence-electron chi connectivity index (χ0n) is 9.68. The summed E-state index contributed by atoms with van der Waals surface area (Å²) in [6.07, 6.45) is 4.30. The SMILES string of the molecule is Nc1ccc2nc(NCCc3cnc[nH]3)oc2c1. The van der Waals surface area contributed by atoms with Gasteiger partial charge in [-0.2, -0.15) is 4.98 Å². The lowest BCUT2D eigenvalue weighted by molar-refractivity contribution is 0.614. The Balaban J connectivity index is 1.67. The summed E-state index contributed by atoms with van der Waals surface area (Å²) in [5.74, 6) is 0. The number of aromatic nitrogens is 3. The van der Waals surface area contributed by atoms with Gasteiger partial charge in [0.2, 0.25) is 0 Å². The molecule has 0 bridgehead atoms. The molecule has 0 radical (unpaired) electrons. The molecule has 0 amide bonds. The second kappa shape index (κ2) is 4.40. The minimum atomic E-state index is 0.509. The number of aromatic amines is 1. The predicted octanol–water partition coefficient (Wildman–Crippen LogP) is 1.79. The predicted molar refractivity (Wildman–Crippen MR) is 69.2 cm³/mol. The van der Waals surface area contributed by atoms with Crippen molar-refractivity contribution in [2.75, 3.05) is 17.6 Å². The lowest BCUT2D eigenvalue weighted by atomic mass is 10.3. The topological polar surface area (TPSA) is 92.8 Å². The molecule has 0 spiro atoms. The second-order valence-corrected chi connectivity index (χ2v) is 4.00. The first kappa shape index (κ1) is 10.6. The number of anilines is 2. The number of nitrogens with two attached hydrogens (primary N) is 1. The van der Waals surface area contributed by atoms with Crippen LogP contribution in [0.4, 0.5) is 11.7 Å². The molecule has 2 heterocycles. The summed E-state index contributed by atoms with van der Waals surface area (Å²) in [6, 6.07) is 5.92. The number of rotatable bonds is 4. The molecule has 4 N–H and O–H groups in total. The van der Waals surface area contributed by atoms with Crippen molar-refractivity contribution in [2.24, 2.45) is 0 Å². The van der Waals surface area contributed by atoms with E-state index in [0.717, 1.165) is 24.2 Å². The summed E-state index contributed by atoms with van der Waals surface area (Å²) in [6.45, 7) is 0.727. The Kier molecular flexibility index (Phi) is 2.60. The fourth-order valence-corrected chi connectivity index (χ4v) is 1.74. The molecule has 0 unspecified atom stereocenters. The molecule has 0 saturated heterocycles. The Labute approximate surface area is 103 Å². The highest BCUT2D eigenvalue weighted by molar-refractivity contribution is 5.78. The number of oxazole rings is 1. The lowest BCUT2D eigenvalue weighted by Crippen LogP contribution is -2.04. The molecule has 0 atom stereocenters. The number of H-pyrrole nitrogens is 1. The van der Waals surface area contributed by atoms with Crippen LogP contribution in [-0.2, 0) is 6.42 Å². The van der Waals surface area contributed by atoms with Crippen molar-refractivity contribution in [3.05, 3.63) is 36.4 Å². The maximum Gasteiger partial charge on any atom is 0.295 e. The van der Waals surface area contributed by atoms with Gasteiger partial charge in [0.25, 0.3) is 6.01 Å². The zero-order valence-corrected chi connectivity index (χ0v) is 9.68. The molecule has 0 saturated carbocycles. The number of benzene rings is 1. The summed E-state index contributed by atoms with van der Waals surface area (Å²) in [7, 11) is 0. The molecule has 0 fully saturated rings. The average Bonchev–Trinajstić information content (AvgIpc) is 2.97. The zero-order chi connectivity index (χ0) is 12.4. The van der Waals surface area contributed by atoms with Crippen molar-refractivity contribution in [1.82, 2.24) is 15.0 Å². The van der Waals surface area contributed by atoms with Crippen LogP contribution in [0.5, 0.6) is 0 Å². The summed E-state index contributed by atoms with van der Waals surface area (Å²) in [5, 5.41) is 3.13. The molecule has 3 aromatic rings. The molecule has 0 aliphatic carbocycles.